The predicted octanol–water partition coefficient (Wildman–Crippen LogP) is 3.78. The first kappa shape index (κ1) is 17.4. The first-order valence-corrected chi connectivity index (χ1v) is 10.3. The molecule has 1 saturated carbocycles. The van der Waals surface area contributed by atoms with Crippen molar-refractivity contribution in [1.29, 1.82) is 0 Å². The molecule has 0 atom stereocenters. The molecule has 5 rings (SSSR count). The fraction of sp³-hybridized carbons (Fsp3) is 0.391. The Morgan fingerprint density at radius 1 is 0.929 bits per heavy atom. The maximum absolute atomic E-state index is 12.4. The van der Waals surface area contributed by atoms with Crippen molar-refractivity contribution in [3.63, 3.8) is 0 Å². The molecule has 2 aromatic carbocycles. The van der Waals surface area contributed by atoms with Crippen molar-refractivity contribution in [3.8, 4) is 11.4 Å². The molecule has 1 aromatic heterocycles. The molecule has 1 aliphatic heterocycles. The zero-order valence-electron chi connectivity index (χ0n) is 16.0. The van der Waals surface area contributed by atoms with Gasteiger partial charge < -0.3 is 9.64 Å². The molecule has 0 radical (unpaired) electrons. The fourth-order valence-electron chi connectivity index (χ4n) is 4.22. The highest BCUT2D eigenvalue weighted by atomic mass is 16.5. The van der Waals surface area contributed by atoms with Gasteiger partial charge in [-0.1, -0.05) is 24.6 Å². The second kappa shape index (κ2) is 7.40. The average molecular weight is 375 g/mol. The van der Waals surface area contributed by atoms with Crippen LogP contribution in [0.15, 0.2) is 59.5 Å². The van der Waals surface area contributed by atoms with E-state index in [1.54, 1.807) is 4.57 Å². The van der Waals surface area contributed by atoms with Crippen LogP contribution in [-0.4, -0.2) is 39.7 Å². The Hall–Kier alpha value is -2.66. The minimum absolute atomic E-state index is 0.268. The van der Waals surface area contributed by atoms with Crippen LogP contribution >= 0.6 is 0 Å². The van der Waals surface area contributed by atoms with Crippen LogP contribution in [0.4, 0.5) is 0 Å². The molecule has 1 saturated heterocycles. The van der Waals surface area contributed by atoms with Crippen LogP contribution in [-0.2, 0) is 0 Å². The largest absolute Gasteiger partial charge is 0.490 e. The molecule has 0 amide bonds. The van der Waals surface area contributed by atoms with Gasteiger partial charge in [-0.15, -0.1) is 0 Å². The van der Waals surface area contributed by atoms with Gasteiger partial charge in [0.1, 0.15) is 11.9 Å². The number of nitrogens with zero attached hydrogens (tertiary/aromatic N) is 3. The van der Waals surface area contributed by atoms with E-state index in [1.165, 1.54) is 19.3 Å². The van der Waals surface area contributed by atoms with Crippen molar-refractivity contribution in [2.75, 3.05) is 13.1 Å². The molecule has 28 heavy (non-hydrogen) atoms. The van der Waals surface area contributed by atoms with Crippen molar-refractivity contribution in [2.24, 2.45) is 0 Å². The molecule has 3 aromatic rings. The molecule has 2 heterocycles. The van der Waals surface area contributed by atoms with E-state index in [-0.39, 0.29) is 11.8 Å². The van der Waals surface area contributed by atoms with E-state index in [2.05, 4.69) is 9.88 Å². The van der Waals surface area contributed by atoms with Crippen molar-refractivity contribution < 1.29 is 4.74 Å². The zero-order valence-corrected chi connectivity index (χ0v) is 16.0. The standard InChI is InChI=1S/C23H25N3O2/c27-23-24-22-7-2-1-4-17(22)16-26(23)19-8-10-20(11-9-19)28-21-12-14-25(15-13-21)18-5-3-6-18/h1-2,4,7-11,16,18,21H,3,5-6,12-15H2. The van der Waals surface area contributed by atoms with E-state index in [0.29, 0.717) is 0 Å². The summed E-state index contributed by atoms with van der Waals surface area (Å²) >= 11 is 0. The van der Waals surface area contributed by atoms with Crippen LogP contribution in [0.25, 0.3) is 16.6 Å². The molecule has 0 bridgehead atoms. The molecule has 0 unspecified atom stereocenters. The first-order valence-electron chi connectivity index (χ1n) is 10.3. The quantitative estimate of drug-likeness (QED) is 0.696. The molecule has 0 spiro atoms. The Morgan fingerprint density at radius 3 is 2.39 bits per heavy atom. The number of rotatable bonds is 4. The van der Waals surface area contributed by atoms with Crippen LogP contribution in [0.3, 0.4) is 0 Å². The number of piperidine rings is 1. The first-order chi connectivity index (χ1) is 13.8. The Kier molecular flexibility index (Phi) is 4.61. The molecule has 5 nitrogen and oxygen atoms in total. The topological polar surface area (TPSA) is 47.4 Å². The summed E-state index contributed by atoms with van der Waals surface area (Å²) in [7, 11) is 0. The number of aromatic nitrogens is 2. The number of para-hydroxylation sites is 1. The van der Waals surface area contributed by atoms with Gasteiger partial charge in [0.25, 0.3) is 0 Å². The summed E-state index contributed by atoms with van der Waals surface area (Å²) in [5.74, 6) is 0.868. The van der Waals surface area contributed by atoms with Gasteiger partial charge in [-0.25, -0.2) is 4.79 Å². The number of ether oxygens (including phenoxy) is 1. The normalized spacial score (nSPS) is 18.9. The highest BCUT2D eigenvalue weighted by Crippen LogP contribution is 2.28. The summed E-state index contributed by atoms with van der Waals surface area (Å²) in [5, 5.41) is 0.945. The van der Waals surface area contributed by atoms with Crippen LogP contribution < -0.4 is 10.4 Å². The van der Waals surface area contributed by atoms with E-state index < -0.39 is 0 Å². The van der Waals surface area contributed by atoms with Gasteiger partial charge in [-0.3, -0.25) is 4.57 Å². The lowest BCUT2D eigenvalue weighted by molar-refractivity contribution is 0.0493. The highest BCUT2D eigenvalue weighted by Gasteiger charge is 2.29. The Morgan fingerprint density at radius 2 is 1.68 bits per heavy atom. The Labute approximate surface area is 164 Å². The summed E-state index contributed by atoms with van der Waals surface area (Å²) in [6.07, 6.45) is 8.44. The minimum atomic E-state index is -0.268. The van der Waals surface area contributed by atoms with Crippen LogP contribution in [0.1, 0.15) is 32.1 Å². The van der Waals surface area contributed by atoms with Crippen LogP contribution in [0.2, 0.25) is 0 Å². The summed E-state index contributed by atoms with van der Waals surface area (Å²) in [5.41, 5.74) is 1.25. The lowest BCUT2D eigenvalue weighted by atomic mass is 9.90. The maximum atomic E-state index is 12.4. The second-order valence-corrected chi connectivity index (χ2v) is 7.88. The van der Waals surface area contributed by atoms with Gasteiger partial charge in [0.05, 0.1) is 11.2 Å². The van der Waals surface area contributed by atoms with Gasteiger partial charge >= 0.3 is 5.69 Å². The third kappa shape index (κ3) is 3.42. The van der Waals surface area contributed by atoms with Gasteiger partial charge in [-0.2, -0.15) is 4.98 Å². The summed E-state index contributed by atoms with van der Waals surface area (Å²) in [4.78, 5) is 19.2. The number of hydrogen-bond donors (Lipinski definition) is 0. The van der Waals surface area contributed by atoms with E-state index in [9.17, 15) is 4.79 Å². The van der Waals surface area contributed by atoms with E-state index in [1.807, 2.05) is 54.7 Å². The molecule has 0 N–H and O–H groups in total. The van der Waals surface area contributed by atoms with Crippen molar-refractivity contribution in [1.82, 2.24) is 14.5 Å². The molecular weight excluding hydrogens is 350 g/mol. The number of benzene rings is 2. The van der Waals surface area contributed by atoms with E-state index >= 15 is 0 Å². The molecule has 1 aliphatic carbocycles. The van der Waals surface area contributed by atoms with Crippen molar-refractivity contribution in [3.05, 3.63) is 65.2 Å². The molecular formula is C23H25N3O2. The Balaban J connectivity index is 1.27. The number of hydrogen-bond acceptors (Lipinski definition) is 4. The third-order valence-corrected chi connectivity index (χ3v) is 6.11. The molecule has 5 heteroatoms. The van der Waals surface area contributed by atoms with Gasteiger partial charge in [-0.05, 0) is 56.0 Å². The van der Waals surface area contributed by atoms with Crippen LogP contribution in [0.5, 0.6) is 5.75 Å². The lowest BCUT2D eigenvalue weighted by Gasteiger charge is -2.41. The van der Waals surface area contributed by atoms with Gasteiger partial charge in [0.2, 0.25) is 0 Å². The highest BCUT2D eigenvalue weighted by molar-refractivity contribution is 5.77. The number of fused-ring (bicyclic) bond motifs is 1. The monoisotopic (exact) mass is 375 g/mol. The summed E-state index contributed by atoms with van der Waals surface area (Å²) in [6.45, 7) is 2.29. The Bertz CT molecular complexity index is 1020. The average Bonchev–Trinajstić information content (AvgIpc) is 2.68. The summed E-state index contributed by atoms with van der Waals surface area (Å²) < 4.78 is 7.78. The maximum Gasteiger partial charge on any atom is 0.352 e. The minimum Gasteiger partial charge on any atom is -0.490 e. The van der Waals surface area contributed by atoms with Gasteiger partial charge in [0.15, 0.2) is 0 Å². The molecule has 2 aliphatic rings. The van der Waals surface area contributed by atoms with Crippen LogP contribution in [0, 0.1) is 0 Å². The smallest absolute Gasteiger partial charge is 0.352 e. The zero-order chi connectivity index (χ0) is 18.9. The molecule has 2 fully saturated rings. The lowest BCUT2D eigenvalue weighted by Crippen LogP contribution is -2.46. The summed E-state index contributed by atoms with van der Waals surface area (Å²) in [6, 6.07) is 16.3. The van der Waals surface area contributed by atoms with E-state index in [4.69, 9.17) is 4.74 Å². The second-order valence-electron chi connectivity index (χ2n) is 7.88. The fourth-order valence-corrected chi connectivity index (χ4v) is 4.22. The predicted molar refractivity (Wildman–Crippen MR) is 110 cm³/mol. The van der Waals surface area contributed by atoms with Crippen molar-refractivity contribution in [2.45, 2.75) is 44.2 Å². The SMILES string of the molecule is O=c1nc2ccccc2cn1-c1ccc(OC2CCN(C3CCC3)CC2)cc1. The number of likely N-dealkylation sites (tertiary alicyclic amines) is 1. The van der Waals surface area contributed by atoms with Gasteiger partial charge in [0, 0.05) is 30.7 Å². The van der Waals surface area contributed by atoms with E-state index in [0.717, 1.165) is 54.3 Å². The van der Waals surface area contributed by atoms with Crippen molar-refractivity contribution >= 4 is 10.9 Å². The molecule has 144 valence electrons. The third-order valence-electron chi connectivity index (χ3n) is 6.11.